The van der Waals surface area contributed by atoms with Gasteiger partial charge in [0.05, 0.1) is 6.54 Å². The summed E-state index contributed by atoms with van der Waals surface area (Å²) in [7, 11) is -2.17. The van der Waals surface area contributed by atoms with Gasteiger partial charge in [-0.1, -0.05) is 0 Å². The third kappa shape index (κ3) is 2.84. The molecule has 8 heteroatoms. The maximum absolute atomic E-state index is 11.4. The Balaban J connectivity index is 2.04. The Morgan fingerprint density at radius 1 is 1.47 bits per heavy atom. The van der Waals surface area contributed by atoms with Crippen molar-refractivity contribution >= 4 is 26.5 Å². The lowest BCUT2D eigenvalue weighted by molar-refractivity contribution is 0.417. The average Bonchev–Trinajstić information content (AvgIpc) is 2.97. The van der Waals surface area contributed by atoms with Crippen molar-refractivity contribution in [3.63, 3.8) is 0 Å². The van der Waals surface area contributed by atoms with Crippen molar-refractivity contribution in [2.45, 2.75) is 11.6 Å². The Labute approximate surface area is 103 Å². The van der Waals surface area contributed by atoms with Crippen LogP contribution in [0.15, 0.2) is 33.2 Å². The molecular weight excluding hydrogens is 262 g/mol. The average molecular weight is 273 g/mol. The molecule has 0 amide bonds. The summed E-state index contributed by atoms with van der Waals surface area (Å²) < 4.78 is 30.2. The van der Waals surface area contributed by atoms with Gasteiger partial charge in [0.25, 0.3) is 10.0 Å². The first kappa shape index (κ1) is 12.1. The minimum absolute atomic E-state index is 0.0871. The summed E-state index contributed by atoms with van der Waals surface area (Å²) in [5.41, 5.74) is 0. The minimum Gasteiger partial charge on any atom is -0.446 e. The Kier molecular flexibility index (Phi) is 3.46. The lowest BCUT2D eigenvalue weighted by atomic mass is 10.4. The first-order chi connectivity index (χ1) is 8.12. The largest absolute Gasteiger partial charge is 0.446 e. The van der Waals surface area contributed by atoms with Gasteiger partial charge in [-0.15, -0.1) is 11.3 Å². The minimum atomic E-state index is -3.51. The summed E-state index contributed by atoms with van der Waals surface area (Å²) in [5, 5.41) is 5.55. The van der Waals surface area contributed by atoms with E-state index in [9.17, 15) is 8.42 Å². The molecular formula is C9H11N3O3S2. The number of nitrogens with zero attached hydrogens (tertiary/aromatic N) is 1. The van der Waals surface area contributed by atoms with Crippen LogP contribution in [-0.4, -0.2) is 20.4 Å². The summed E-state index contributed by atoms with van der Waals surface area (Å²) in [5.74, 6) is 0.536. The van der Waals surface area contributed by atoms with Crippen LogP contribution in [0.2, 0.25) is 0 Å². The number of hydrogen-bond acceptors (Lipinski definition) is 6. The Morgan fingerprint density at radius 3 is 2.94 bits per heavy atom. The van der Waals surface area contributed by atoms with Crippen LogP contribution in [0, 0.1) is 0 Å². The molecule has 0 aliphatic carbocycles. The van der Waals surface area contributed by atoms with Crippen LogP contribution in [0.5, 0.6) is 0 Å². The van der Waals surface area contributed by atoms with E-state index in [1.165, 1.54) is 24.5 Å². The molecule has 2 aromatic rings. The maximum atomic E-state index is 11.4. The Morgan fingerprint density at radius 2 is 2.29 bits per heavy atom. The van der Waals surface area contributed by atoms with Crippen molar-refractivity contribution in [2.75, 3.05) is 12.4 Å². The van der Waals surface area contributed by atoms with Gasteiger partial charge in [-0.05, 0) is 19.2 Å². The second kappa shape index (κ2) is 4.86. The van der Waals surface area contributed by atoms with Crippen LogP contribution in [0.1, 0.15) is 5.76 Å². The van der Waals surface area contributed by atoms with Crippen molar-refractivity contribution < 1.29 is 12.8 Å². The fourth-order valence-corrected chi connectivity index (χ4v) is 2.36. The van der Waals surface area contributed by atoms with E-state index >= 15 is 0 Å². The van der Waals surface area contributed by atoms with Gasteiger partial charge in [0.1, 0.15) is 5.76 Å². The van der Waals surface area contributed by atoms with E-state index in [-0.39, 0.29) is 5.09 Å². The number of anilines is 1. The molecule has 2 aromatic heterocycles. The number of nitrogens with one attached hydrogen (secondary N) is 2. The summed E-state index contributed by atoms with van der Waals surface area (Å²) in [6.07, 6.45) is 1.69. The molecule has 0 aliphatic rings. The van der Waals surface area contributed by atoms with Crippen LogP contribution in [0.25, 0.3) is 0 Å². The zero-order chi connectivity index (χ0) is 12.3. The van der Waals surface area contributed by atoms with E-state index in [1.54, 1.807) is 12.3 Å². The van der Waals surface area contributed by atoms with Crippen molar-refractivity contribution in [2.24, 2.45) is 0 Å². The predicted molar refractivity (Wildman–Crippen MR) is 64.4 cm³/mol. The van der Waals surface area contributed by atoms with Gasteiger partial charge >= 0.3 is 0 Å². The van der Waals surface area contributed by atoms with Gasteiger partial charge in [-0.25, -0.2) is 18.1 Å². The first-order valence-corrected chi connectivity index (χ1v) is 7.14. The van der Waals surface area contributed by atoms with Gasteiger partial charge in [-0.3, -0.25) is 0 Å². The molecule has 92 valence electrons. The van der Waals surface area contributed by atoms with Gasteiger partial charge < -0.3 is 9.73 Å². The van der Waals surface area contributed by atoms with Gasteiger partial charge in [0.15, 0.2) is 5.13 Å². The molecule has 17 heavy (non-hydrogen) atoms. The van der Waals surface area contributed by atoms with E-state index in [4.69, 9.17) is 4.42 Å². The highest BCUT2D eigenvalue weighted by Gasteiger charge is 2.16. The summed E-state index contributed by atoms with van der Waals surface area (Å²) >= 11 is 1.46. The molecule has 0 fully saturated rings. The lowest BCUT2D eigenvalue weighted by Crippen LogP contribution is -2.17. The van der Waals surface area contributed by atoms with Crippen LogP contribution >= 0.6 is 11.3 Å². The molecule has 0 saturated carbocycles. The molecule has 0 unspecified atom stereocenters. The molecule has 6 nitrogen and oxygen atoms in total. The number of rotatable bonds is 5. The first-order valence-electron chi connectivity index (χ1n) is 4.77. The fraction of sp³-hybridized carbons (Fsp3) is 0.222. The SMILES string of the molecule is CNS(=O)(=O)c1ccc(CNc2nccs2)o1. The third-order valence-corrected chi connectivity index (χ3v) is 4.03. The quantitative estimate of drug-likeness (QED) is 0.856. The number of hydrogen-bond donors (Lipinski definition) is 2. The topological polar surface area (TPSA) is 84.2 Å². The number of thiazole rings is 1. The van der Waals surface area contributed by atoms with E-state index in [0.717, 1.165) is 5.13 Å². The van der Waals surface area contributed by atoms with E-state index < -0.39 is 10.0 Å². The zero-order valence-electron chi connectivity index (χ0n) is 9.00. The summed E-state index contributed by atoms with van der Waals surface area (Å²) in [6.45, 7) is 0.396. The van der Waals surface area contributed by atoms with Crippen LogP contribution < -0.4 is 10.0 Å². The fourth-order valence-electron chi connectivity index (χ4n) is 1.17. The van der Waals surface area contributed by atoms with Gasteiger partial charge in [-0.2, -0.15) is 0 Å². The standard InChI is InChI=1S/C9H11N3O3S2/c1-10-17(13,14)8-3-2-7(15-8)6-12-9-11-4-5-16-9/h2-5,10H,6H2,1H3,(H,11,12). The highest BCUT2D eigenvalue weighted by molar-refractivity contribution is 7.89. The second-order valence-electron chi connectivity index (χ2n) is 3.12. The second-order valence-corrected chi connectivity index (χ2v) is 5.83. The number of furan rings is 1. The maximum Gasteiger partial charge on any atom is 0.273 e. The van der Waals surface area contributed by atoms with Gasteiger partial charge in [0, 0.05) is 11.6 Å². The molecule has 2 N–H and O–H groups in total. The predicted octanol–water partition coefficient (Wildman–Crippen LogP) is 1.26. The van der Waals surface area contributed by atoms with Crippen molar-refractivity contribution in [1.82, 2.24) is 9.71 Å². The highest BCUT2D eigenvalue weighted by Crippen LogP contribution is 2.16. The molecule has 2 heterocycles. The zero-order valence-corrected chi connectivity index (χ0v) is 10.6. The van der Waals surface area contributed by atoms with Crippen LogP contribution in [-0.2, 0) is 16.6 Å². The normalized spacial score (nSPS) is 11.6. The molecule has 0 aliphatic heterocycles. The summed E-state index contributed by atoms with van der Waals surface area (Å²) in [4.78, 5) is 4.04. The van der Waals surface area contributed by atoms with Crippen molar-refractivity contribution in [3.05, 3.63) is 29.5 Å². The van der Waals surface area contributed by atoms with Crippen LogP contribution in [0.4, 0.5) is 5.13 Å². The molecule has 0 bridgehead atoms. The smallest absolute Gasteiger partial charge is 0.273 e. The molecule has 2 rings (SSSR count). The van der Waals surface area contributed by atoms with Crippen molar-refractivity contribution in [3.8, 4) is 0 Å². The number of sulfonamides is 1. The highest BCUT2D eigenvalue weighted by atomic mass is 32.2. The van der Waals surface area contributed by atoms with E-state index in [0.29, 0.717) is 12.3 Å². The Bertz CT molecular complexity index is 574. The lowest BCUT2D eigenvalue weighted by Gasteiger charge is -1.99. The molecule has 0 saturated heterocycles. The summed E-state index contributed by atoms with van der Waals surface area (Å²) in [6, 6.07) is 3.04. The molecule has 0 atom stereocenters. The molecule has 0 spiro atoms. The molecule has 0 radical (unpaired) electrons. The van der Waals surface area contributed by atoms with Gasteiger partial charge in [0.2, 0.25) is 5.09 Å². The van der Waals surface area contributed by atoms with E-state index in [1.807, 2.05) is 5.38 Å². The third-order valence-electron chi connectivity index (χ3n) is 2.02. The van der Waals surface area contributed by atoms with Crippen molar-refractivity contribution in [1.29, 1.82) is 0 Å². The van der Waals surface area contributed by atoms with E-state index in [2.05, 4.69) is 15.0 Å². The van der Waals surface area contributed by atoms with Crippen LogP contribution in [0.3, 0.4) is 0 Å². The Hall–Kier alpha value is -1.38. The number of aromatic nitrogens is 1. The monoisotopic (exact) mass is 273 g/mol. The molecule has 0 aromatic carbocycles.